The third kappa shape index (κ3) is 2.64. The zero-order chi connectivity index (χ0) is 14.1. The fourth-order valence-electron chi connectivity index (χ4n) is 3.22. The van der Waals surface area contributed by atoms with Crippen LogP contribution in [0.2, 0.25) is 0 Å². The molecule has 0 unspecified atom stereocenters. The van der Waals surface area contributed by atoms with E-state index in [-0.39, 0.29) is 10.8 Å². The van der Waals surface area contributed by atoms with E-state index in [2.05, 4.69) is 39.0 Å². The lowest BCUT2D eigenvalue weighted by Gasteiger charge is -2.31. The van der Waals surface area contributed by atoms with Gasteiger partial charge in [-0.3, -0.25) is 0 Å². The van der Waals surface area contributed by atoms with Gasteiger partial charge in [-0.15, -0.1) is 0 Å². The Kier molecular flexibility index (Phi) is 3.91. The van der Waals surface area contributed by atoms with E-state index in [1.54, 1.807) is 7.11 Å². The van der Waals surface area contributed by atoms with Gasteiger partial charge in [0.15, 0.2) is 0 Å². The fourth-order valence-corrected chi connectivity index (χ4v) is 3.22. The summed E-state index contributed by atoms with van der Waals surface area (Å²) in [5, 5.41) is 0. The summed E-state index contributed by atoms with van der Waals surface area (Å²) in [5.41, 5.74) is 9.11. The zero-order valence-electron chi connectivity index (χ0n) is 12.8. The average Bonchev–Trinajstić information content (AvgIpc) is 2.86. The number of hydrogen-bond donors (Lipinski definition) is 1. The molecule has 1 aromatic carbocycles. The molecule has 1 saturated carbocycles. The summed E-state index contributed by atoms with van der Waals surface area (Å²) in [6.07, 6.45) is 4.93. The highest BCUT2D eigenvalue weighted by molar-refractivity contribution is 5.45. The minimum Gasteiger partial charge on any atom is -0.496 e. The summed E-state index contributed by atoms with van der Waals surface area (Å²) in [6.45, 7) is 7.48. The molecule has 106 valence electrons. The lowest BCUT2D eigenvalue weighted by Crippen LogP contribution is -2.33. The highest BCUT2D eigenvalue weighted by Crippen LogP contribution is 2.45. The first-order valence-corrected chi connectivity index (χ1v) is 7.32. The topological polar surface area (TPSA) is 35.2 Å². The minimum absolute atomic E-state index is 0.132. The van der Waals surface area contributed by atoms with Crippen molar-refractivity contribution in [2.24, 2.45) is 5.73 Å². The maximum absolute atomic E-state index is 6.13. The Balaban J connectivity index is 2.53. The SMILES string of the molecule is COc1ccc(C(C)(C)C)cc1C1(CN)CCCC1. The van der Waals surface area contributed by atoms with E-state index >= 15 is 0 Å². The van der Waals surface area contributed by atoms with Crippen LogP contribution in [0.15, 0.2) is 18.2 Å². The van der Waals surface area contributed by atoms with Gasteiger partial charge in [-0.2, -0.15) is 0 Å². The highest BCUT2D eigenvalue weighted by atomic mass is 16.5. The molecular weight excluding hydrogens is 234 g/mol. The summed E-state index contributed by atoms with van der Waals surface area (Å²) < 4.78 is 5.60. The molecule has 1 aliphatic rings. The van der Waals surface area contributed by atoms with Crippen molar-refractivity contribution in [3.05, 3.63) is 29.3 Å². The van der Waals surface area contributed by atoms with Gasteiger partial charge >= 0.3 is 0 Å². The fraction of sp³-hybridized carbons (Fsp3) is 0.647. The maximum atomic E-state index is 6.13. The van der Waals surface area contributed by atoms with E-state index in [4.69, 9.17) is 10.5 Å². The Morgan fingerprint density at radius 3 is 2.32 bits per heavy atom. The number of rotatable bonds is 3. The van der Waals surface area contributed by atoms with E-state index in [1.165, 1.54) is 36.8 Å². The third-order valence-electron chi connectivity index (χ3n) is 4.59. The van der Waals surface area contributed by atoms with Crippen LogP contribution in [0.3, 0.4) is 0 Å². The van der Waals surface area contributed by atoms with Crippen LogP contribution in [-0.2, 0) is 10.8 Å². The Labute approximate surface area is 117 Å². The van der Waals surface area contributed by atoms with Gasteiger partial charge in [-0.25, -0.2) is 0 Å². The summed E-state index contributed by atoms with van der Waals surface area (Å²) in [6, 6.07) is 6.63. The smallest absolute Gasteiger partial charge is 0.122 e. The summed E-state index contributed by atoms with van der Waals surface area (Å²) in [7, 11) is 1.76. The molecule has 0 aromatic heterocycles. The van der Waals surface area contributed by atoms with Crippen LogP contribution < -0.4 is 10.5 Å². The number of nitrogens with two attached hydrogens (primary N) is 1. The Hall–Kier alpha value is -1.02. The van der Waals surface area contributed by atoms with E-state index in [0.717, 1.165) is 12.3 Å². The molecule has 2 nitrogen and oxygen atoms in total. The average molecular weight is 261 g/mol. The molecule has 0 saturated heterocycles. The van der Waals surface area contributed by atoms with Crippen molar-refractivity contribution >= 4 is 0 Å². The van der Waals surface area contributed by atoms with Gasteiger partial charge < -0.3 is 10.5 Å². The molecule has 1 aromatic rings. The van der Waals surface area contributed by atoms with Crippen molar-refractivity contribution in [1.82, 2.24) is 0 Å². The molecule has 0 bridgehead atoms. The van der Waals surface area contributed by atoms with Crippen molar-refractivity contribution in [3.8, 4) is 5.75 Å². The van der Waals surface area contributed by atoms with Crippen molar-refractivity contribution in [3.63, 3.8) is 0 Å². The van der Waals surface area contributed by atoms with E-state index in [0.29, 0.717) is 0 Å². The van der Waals surface area contributed by atoms with Gasteiger partial charge in [0.1, 0.15) is 5.75 Å². The molecule has 1 fully saturated rings. The summed E-state index contributed by atoms with van der Waals surface area (Å²) in [5.74, 6) is 1.00. The van der Waals surface area contributed by atoms with Crippen LogP contribution >= 0.6 is 0 Å². The van der Waals surface area contributed by atoms with E-state index in [1.807, 2.05) is 0 Å². The van der Waals surface area contributed by atoms with Gasteiger partial charge in [0.2, 0.25) is 0 Å². The zero-order valence-corrected chi connectivity index (χ0v) is 12.8. The first-order chi connectivity index (χ1) is 8.93. The predicted molar refractivity (Wildman–Crippen MR) is 80.9 cm³/mol. The Morgan fingerprint density at radius 1 is 1.21 bits per heavy atom. The lowest BCUT2D eigenvalue weighted by molar-refractivity contribution is 0.376. The van der Waals surface area contributed by atoms with Crippen molar-refractivity contribution in [2.45, 2.75) is 57.3 Å². The number of methoxy groups -OCH3 is 1. The van der Waals surface area contributed by atoms with Crippen LogP contribution in [-0.4, -0.2) is 13.7 Å². The number of benzene rings is 1. The van der Waals surface area contributed by atoms with Crippen LogP contribution in [0.5, 0.6) is 5.75 Å². The van der Waals surface area contributed by atoms with E-state index < -0.39 is 0 Å². The van der Waals surface area contributed by atoms with Gasteiger partial charge in [-0.1, -0.05) is 45.7 Å². The molecule has 2 N–H and O–H groups in total. The number of ether oxygens (including phenoxy) is 1. The monoisotopic (exact) mass is 261 g/mol. The van der Waals surface area contributed by atoms with Crippen LogP contribution in [0, 0.1) is 0 Å². The summed E-state index contributed by atoms with van der Waals surface area (Å²) >= 11 is 0. The molecule has 19 heavy (non-hydrogen) atoms. The molecule has 1 aliphatic carbocycles. The molecule has 0 radical (unpaired) electrons. The van der Waals surface area contributed by atoms with Gasteiger partial charge in [-0.05, 0) is 29.9 Å². The quantitative estimate of drug-likeness (QED) is 0.899. The van der Waals surface area contributed by atoms with Crippen molar-refractivity contribution < 1.29 is 4.74 Å². The molecule has 2 heteroatoms. The Bertz CT molecular complexity index is 439. The van der Waals surface area contributed by atoms with Crippen molar-refractivity contribution in [2.75, 3.05) is 13.7 Å². The molecule has 0 amide bonds. The largest absolute Gasteiger partial charge is 0.496 e. The third-order valence-corrected chi connectivity index (χ3v) is 4.59. The highest BCUT2D eigenvalue weighted by Gasteiger charge is 2.37. The normalized spacial score (nSPS) is 18.6. The maximum Gasteiger partial charge on any atom is 0.122 e. The Morgan fingerprint density at radius 2 is 1.84 bits per heavy atom. The first-order valence-electron chi connectivity index (χ1n) is 7.32. The van der Waals surface area contributed by atoms with E-state index in [9.17, 15) is 0 Å². The molecule has 0 heterocycles. The molecular formula is C17H27NO. The second kappa shape index (κ2) is 5.16. The van der Waals surface area contributed by atoms with Gasteiger partial charge in [0.25, 0.3) is 0 Å². The first kappa shape index (κ1) is 14.4. The molecule has 0 spiro atoms. The summed E-state index contributed by atoms with van der Waals surface area (Å²) in [4.78, 5) is 0. The molecule has 2 rings (SSSR count). The predicted octanol–water partition coefficient (Wildman–Crippen LogP) is 3.76. The van der Waals surface area contributed by atoms with Gasteiger partial charge in [0, 0.05) is 17.5 Å². The molecule has 0 aliphatic heterocycles. The minimum atomic E-state index is 0.132. The standard InChI is InChI=1S/C17H27NO/c1-16(2,3)13-7-8-15(19-4)14(11-13)17(12-18)9-5-6-10-17/h7-8,11H,5-6,9-10,12,18H2,1-4H3. The van der Waals surface area contributed by atoms with Crippen LogP contribution in [0.4, 0.5) is 0 Å². The van der Waals surface area contributed by atoms with Crippen molar-refractivity contribution in [1.29, 1.82) is 0 Å². The molecule has 0 atom stereocenters. The number of hydrogen-bond acceptors (Lipinski definition) is 2. The van der Waals surface area contributed by atoms with Crippen LogP contribution in [0.1, 0.15) is 57.6 Å². The lowest BCUT2D eigenvalue weighted by atomic mass is 9.75. The van der Waals surface area contributed by atoms with Gasteiger partial charge in [0.05, 0.1) is 7.11 Å². The van der Waals surface area contributed by atoms with Crippen LogP contribution in [0.25, 0.3) is 0 Å². The second-order valence-corrected chi connectivity index (χ2v) is 6.86. The second-order valence-electron chi connectivity index (χ2n) is 6.86.